The van der Waals surface area contributed by atoms with Crippen LogP contribution in [0.1, 0.15) is 39.5 Å². The smallest absolute Gasteiger partial charge is 0.0608 e. The van der Waals surface area contributed by atoms with Crippen LogP contribution in [0, 0.1) is 5.92 Å². The summed E-state index contributed by atoms with van der Waals surface area (Å²) >= 11 is 0. The maximum atomic E-state index is 9.06. The lowest BCUT2D eigenvalue weighted by atomic mass is 9.93. The number of rotatable bonds is 5. The van der Waals surface area contributed by atoms with Gasteiger partial charge in [0.1, 0.15) is 0 Å². The van der Waals surface area contributed by atoms with Gasteiger partial charge in [-0.1, -0.05) is 13.3 Å². The van der Waals surface area contributed by atoms with Crippen LogP contribution in [0.15, 0.2) is 0 Å². The molecule has 3 nitrogen and oxygen atoms in total. The van der Waals surface area contributed by atoms with Crippen LogP contribution >= 0.6 is 0 Å². The minimum Gasteiger partial charge on any atom is -0.394 e. The SMILES string of the molecule is CCC1CCN(CCC(C)(N)CO)CC1. The van der Waals surface area contributed by atoms with Gasteiger partial charge in [0.15, 0.2) is 0 Å². The summed E-state index contributed by atoms with van der Waals surface area (Å²) in [5, 5.41) is 9.06. The van der Waals surface area contributed by atoms with Crippen LogP contribution in [-0.4, -0.2) is 41.8 Å². The molecule has 0 amide bonds. The third-order valence-electron chi connectivity index (χ3n) is 3.64. The fraction of sp³-hybridized carbons (Fsp3) is 1.00. The van der Waals surface area contributed by atoms with Crippen molar-refractivity contribution in [2.75, 3.05) is 26.2 Å². The minimum atomic E-state index is -0.401. The monoisotopic (exact) mass is 214 g/mol. The van der Waals surface area contributed by atoms with Crippen molar-refractivity contribution in [1.82, 2.24) is 4.90 Å². The molecule has 3 N–H and O–H groups in total. The molecular weight excluding hydrogens is 188 g/mol. The zero-order valence-electron chi connectivity index (χ0n) is 10.2. The van der Waals surface area contributed by atoms with Gasteiger partial charge in [0, 0.05) is 5.54 Å². The summed E-state index contributed by atoms with van der Waals surface area (Å²) in [5.41, 5.74) is 5.51. The molecule has 1 aliphatic heterocycles. The second-order valence-electron chi connectivity index (χ2n) is 5.26. The van der Waals surface area contributed by atoms with Gasteiger partial charge in [-0.25, -0.2) is 0 Å². The highest BCUT2D eigenvalue weighted by Gasteiger charge is 2.21. The minimum absolute atomic E-state index is 0.0818. The van der Waals surface area contributed by atoms with Crippen LogP contribution in [0.5, 0.6) is 0 Å². The van der Waals surface area contributed by atoms with Gasteiger partial charge in [-0.15, -0.1) is 0 Å². The Balaban J connectivity index is 2.19. The van der Waals surface area contributed by atoms with Crippen LogP contribution < -0.4 is 5.73 Å². The second kappa shape index (κ2) is 5.83. The van der Waals surface area contributed by atoms with E-state index < -0.39 is 5.54 Å². The standard InChI is InChI=1S/C12H26N2O/c1-3-11-4-7-14(8-5-11)9-6-12(2,13)10-15/h11,15H,3-10,13H2,1-2H3. The summed E-state index contributed by atoms with van der Waals surface area (Å²) in [6.45, 7) is 7.73. The van der Waals surface area contributed by atoms with Crippen molar-refractivity contribution in [3.63, 3.8) is 0 Å². The van der Waals surface area contributed by atoms with Gasteiger partial charge in [0.05, 0.1) is 6.61 Å². The Bertz CT molecular complexity index is 174. The Morgan fingerprint density at radius 1 is 1.40 bits per heavy atom. The normalized spacial score (nSPS) is 24.0. The molecule has 1 saturated heterocycles. The Hall–Kier alpha value is -0.120. The molecule has 0 spiro atoms. The quantitative estimate of drug-likeness (QED) is 0.723. The first-order valence-electron chi connectivity index (χ1n) is 6.19. The first-order chi connectivity index (χ1) is 7.07. The van der Waals surface area contributed by atoms with Gasteiger partial charge < -0.3 is 15.7 Å². The van der Waals surface area contributed by atoms with Crippen LogP contribution in [0.3, 0.4) is 0 Å². The lowest BCUT2D eigenvalue weighted by molar-refractivity contribution is 0.145. The van der Waals surface area contributed by atoms with E-state index in [4.69, 9.17) is 10.8 Å². The predicted octanol–water partition coefficient (Wildman–Crippen LogP) is 1.21. The van der Waals surface area contributed by atoms with E-state index in [0.717, 1.165) is 18.9 Å². The van der Waals surface area contributed by atoms with Crippen molar-refractivity contribution in [3.8, 4) is 0 Å². The predicted molar refractivity (Wildman–Crippen MR) is 63.8 cm³/mol. The topological polar surface area (TPSA) is 49.5 Å². The van der Waals surface area contributed by atoms with Crippen LogP contribution in [0.2, 0.25) is 0 Å². The van der Waals surface area contributed by atoms with Gasteiger partial charge in [0.2, 0.25) is 0 Å². The number of likely N-dealkylation sites (tertiary alicyclic amines) is 1. The molecule has 0 aromatic heterocycles. The first-order valence-corrected chi connectivity index (χ1v) is 6.19. The van der Waals surface area contributed by atoms with E-state index in [2.05, 4.69) is 11.8 Å². The number of piperidine rings is 1. The van der Waals surface area contributed by atoms with E-state index in [1.807, 2.05) is 6.92 Å². The van der Waals surface area contributed by atoms with Crippen molar-refractivity contribution in [2.24, 2.45) is 11.7 Å². The number of aliphatic hydroxyl groups excluding tert-OH is 1. The summed E-state index contributed by atoms with van der Waals surface area (Å²) in [4.78, 5) is 2.48. The van der Waals surface area contributed by atoms with Crippen molar-refractivity contribution < 1.29 is 5.11 Å². The maximum absolute atomic E-state index is 9.06. The Morgan fingerprint density at radius 2 is 2.00 bits per heavy atom. The Kier molecular flexibility index (Phi) is 5.03. The highest BCUT2D eigenvalue weighted by atomic mass is 16.3. The third-order valence-corrected chi connectivity index (χ3v) is 3.64. The Morgan fingerprint density at radius 3 is 2.47 bits per heavy atom. The van der Waals surface area contributed by atoms with Gasteiger partial charge in [-0.2, -0.15) is 0 Å². The highest BCUT2D eigenvalue weighted by Crippen LogP contribution is 2.20. The summed E-state index contributed by atoms with van der Waals surface area (Å²) < 4.78 is 0. The number of hydrogen-bond acceptors (Lipinski definition) is 3. The zero-order chi connectivity index (χ0) is 11.3. The fourth-order valence-corrected chi connectivity index (χ4v) is 2.11. The zero-order valence-corrected chi connectivity index (χ0v) is 10.2. The molecule has 1 unspecified atom stereocenters. The Labute approximate surface area is 93.6 Å². The molecule has 90 valence electrons. The lowest BCUT2D eigenvalue weighted by Crippen LogP contribution is -2.44. The summed E-state index contributed by atoms with van der Waals surface area (Å²) in [6.07, 6.45) is 4.87. The maximum Gasteiger partial charge on any atom is 0.0608 e. The molecule has 15 heavy (non-hydrogen) atoms. The van der Waals surface area contributed by atoms with E-state index in [0.29, 0.717) is 0 Å². The van der Waals surface area contributed by atoms with Gasteiger partial charge >= 0.3 is 0 Å². The van der Waals surface area contributed by atoms with Crippen molar-refractivity contribution >= 4 is 0 Å². The second-order valence-corrected chi connectivity index (χ2v) is 5.26. The average molecular weight is 214 g/mol. The van der Waals surface area contributed by atoms with E-state index >= 15 is 0 Å². The van der Waals surface area contributed by atoms with Gasteiger partial charge in [-0.3, -0.25) is 0 Å². The largest absolute Gasteiger partial charge is 0.394 e. The summed E-state index contributed by atoms with van der Waals surface area (Å²) in [6, 6.07) is 0. The number of nitrogens with two attached hydrogens (primary N) is 1. The average Bonchev–Trinajstić information content (AvgIpc) is 2.27. The van der Waals surface area contributed by atoms with Crippen molar-refractivity contribution in [2.45, 2.75) is 45.1 Å². The molecule has 1 heterocycles. The van der Waals surface area contributed by atoms with E-state index in [-0.39, 0.29) is 6.61 Å². The van der Waals surface area contributed by atoms with Crippen molar-refractivity contribution in [3.05, 3.63) is 0 Å². The number of nitrogens with zero attached hydrogens (tertiary/aromatic N) is 1. The molecular formula is C12H26N2O. The molecule has 0 aromatic rings. The molecule has 3 heteroatoms. The van der Waals surface area contributed by atoms with E-state index in [1.165, 1.54) is 32.4 Å². The fourth-order valence-electron chi connectivity index (χ4n) is 2.11. The molecule has 0 aliphatic carbocycles. The molecule has 1 aliphatic rings. The van der Waals surface area contributed by atoms with Crippen LogP contribution in [0.25, 0.3) is 0 Å². The molecule has 0 saturated carbocycles. The van der Waals surface area contributed by atoms with E-state index in [9.17, 15) is 0 Å². The number of aliphatic hydroxyl groups is 1. The van der Waals surface area contributed by atoms with Crippen LogP contribution in [-0.2, 0) is 0 Å². The molecule has 1 atom stereocenters. The van der Waals surface area contributed by atoms with Gasteiger partial charge in [-0.05, 0) is 51.7 Å². The van der Waals surface area contributed by atoms with Gasteiger partial charge in [0.25, 0.3) is 0 Å². The van der Waals surface area contributed by atoms with Crippen molar-refractivity contribution in [1.29, 1.82) is 0 Å². The summed E-state index contributed by atoms with van der Waals surface area (Å²) in [7, 11) is 0. The highest BCUT2D eigenvalue weighted by molar-refractivity contribution is 4.80. The summed E-state index contributed by atoms with van der Waals surface area (Å²) in [5.74, 6) is 0.934. The molecule has 1 fully saturated rings. The molecule has 0 bridgehead atoms. The van der Waals surface area contributed by atoms with E-state index in [1.54, 1.807) is 0 Å². The number of hydrogen-bond donors (Lipinski definition) is 2. The molecule has 0 aromatic carbocycles. The molecule has 0 radical (unpaired) electrons. The lowest BCUT2D eigenvalue weighted by Gasteiger charge is -2.33. The first kappa shape index (κ1) is 12.9. The van der Waals surface area contributed by atoms with Crippen LogP contribution in [0.4, 0.5) is 0 Å². The third kappa shape index (κ3) is 4.49. The molecule has 1 rings (SSSR count).